The number of nitrogens with one attached hydrogen (secondary N) is 1. The van der Waals surface area contributed by atoms with Gasteiger partial charge < -0.3 is 10.1 Å². The zero-order chi connectivity index (χ0) is 15.2. The second-order valence-electron chi connectivity index (χ2n) is 5.02. The third-order valence-electron chi connectivity index (χ3n) is 3.57. The molecule has 0 saturated carbocycles. The van der Waals surface area contributed by atoms with Crippen LogP contribution in [0.4, 0.5) is 0 Å². The molecule has 0 fully saturated rings. The molecule has 0 aliphatic carbocycles. The Kier molecular flexibility index (Phi) is 4.99. The highest BCUT2D eigenvalue weighted by Crippen LogP contribution is 2.16. The van der Waals surface area contributed by atoms with Gasteiger partial charge in [-0.1, -0.05) is 37.3 Å². The summed E-state index contributed by atoms with van der Waals surface area (Å²) in [5, 5.41) is 3.01. The minimum Gasteiger partial charge on any atom is -0.497 e. The first-order valence-electron chi connectivity index (χ1n) is 7.17. The average molecular weight is 283 g/mol. The summed E-state index contributed by atoms with van der Waals surface area (Å²) in [5.41, 5.74) is 3.00. The smallest absolute Gasteiger partial charge is 0.251 e. The Bertz CT molecular complexity index is 605. The van der Waals surface area contributed by atoms with E-state index >= 15 is 0 Å². The first kappa shape index (κ1) is 15.1. The lowest BCUT2D eigenvalue weighted by Crippen LogP contribution is -2.26. The van der Waals surface area contributed by atoms with Gasteiger partial charge in [-0.2, -0.15) is 0 Å². The summed E-state index contributed by atoms with van der Waals surface area (Å²) in [6.07, 6.45) is 1.02. The predicted molar refractivity (Wildman–Crippen MR) is 84.7 cm³/mol. The lowest BCUT2D eigenvalue weighted by molar-refractivity contribution is 0.0939. The van der Waals surface area contributed by atoms with E-state index in [0.717, 1.165) is 12.0 Å². The van der Waals surface area contributed by atoms with Crippen molar-refractivity contribution in [3.8, 4) is 5.75 Å². The molecule has 110 valence electrons. The lowest BCUT2D eigenvalue weighted by Gasteiger charge is -2.15. The van der Waals surface area contributed by atoms with Gasteiger partial charge in [-0.05, 0) is 42.7 Å². The number of hydrogen-bond acceptors (Lipinski definition) is 2. The molecule has 0 spiro atoms. The average Bonchev–Trinajstić information content (AvgIpc) is 2.54. The quantitative estimate of drug-likeness (QED) is 0.907. The molecule has 1 atom stereocenters. The van der Waals surface area contributed by atoms with Crippen molar-refractivity contribution in [2.24, 2.45) is 0 Å². The molecule has 3 nitrogen and oxygen atoms in total. The fraction of sp³-hybridized carbons (Fsp3) is 0.278. The van der Waals surface area contributed by atoms with Gasteiger partial charge in [0.2, 0.25) is 0 Å². The van der Waals surface area contributed by atoms with Crippen molar-refractivity contribution in [1.82, 2.24) is 5.32 Å². The molecule has 2 rings (SSSR count). The van der Waals surface area contributed by atoms with Crippen molar-refractivity contribution >= 4 is 5.91 Å². The molecule has 0 saturated heterocycles. The highest BCUT2D eigenvalue weighted by Gasteiger charge is 2.11. The fourth-order valence-corrected chi connectivity index (χ4v) is 2.17. The van der Waals surface area contributed by atoms with Crippen molar-refractivity contribution in [3.05, 3.63) is 65.2 Å². The van der Waals surface area contributed by atoms with Crippen LogP contribution >= 0.6 is 0 Å². The number of methoxy groups -OCH3 is 1. The third kappa shape index (κ3) is 3.85. The third-order valence-corrected chi connectivity index (χ3v) is 3.57. The zero-order valence-corrected chi connectivity index (χ0v) is 12.7. The second kappa shape index (κ2) is 6.93. The van der Waals surface area contributed by atoms with Crippen LogP contribution in [-0.4, -0.2) is 13.0 Å². The lowest BCUT2D eigenvalue weighted by atomic mass is 10.0. The Balaban J connectivity index is 2.06. The molecule has 3 heteroatoms. The van der Waals surface area contributed by atoms with Gasteiger partial charge in [0.25, 0.3) is 5.91 Å². The SMILES string of the molecule is CCc1ccc([C@@H](C)NC(=O)c2cccc(OC)c2)cc1. The molecule has 0 aliphatic rings. The summed E-state index contributed by atoms with van der Waals surface area (Å²) in [4.78, 5) is 12.3. The molecule has 0 aliphatic heterocycles. The highest BCUT2D eigenvalue weighted by atomic mass is 16.5. The largest absolute Gasteiger partial charge is 0.497 e. The van der Waals surface area contributed by atoms with E-state index in [2.05, 4.69) is 36.5 Å². The molecule has 0 heterocycles. The van der Waals surface area contributed by atoms with Gasteiger partial charge in [0.15, 0.2) is 0 Å². The number of ether oxygens (including phenoxy) is 1. The van der Waals surface area contributed by atoms with E-state index in [1.54, 1.807) is 19.2 Å². The Morgan fingerprint density at radius 2 is 1.90 bits per heavy atom. The number of benzene rings is 2. The molecule has 0 aromatic heterocycles. The zero-order valence-electron chi connectivity index (χ0n) is 12.7. The van der Waals surface area contributed by atoms with Gasteiger partial charge in [0.05, 0.1) is 13.2 Å². The van der Waals surface area contributed by atoms with Crippen molar-refractivity contribution in [2.45, 2.75) is 26.3 Å². The van der Waals surface area contributed by atoms with E-state index < -0.39 is 0 Å². The van der Waals surface area contributed by atoms with Crippen molar-refractivity contribution in [3.63, 3.8) is 0 Å². The molecule has 0 radical (unpaired) electrons. The predicted octanol–water partition coefficient (Wildman–Crippen LogP) is 3.75. The van der Waals surface area contributed by atoms with E-state index in [1.165, 1.54) is 5.56 Å². The fourth-order valence-electron chi connectivity index (χ4n) is 2.17. The number of carbonyl (C=O) groups excluding carboxylic acids is 1. The summed E-state index contributed by atoms with van der Waals surface area (Å²) in [6.45, 7) is 4.11. The maximum Gasteiger partial charge on any atom is 0.251 e. The van der Waals surface area contributed by atoms with Crippen LogP contribution < -0.4 is 10.1 Å². The van der Waals surface area contributed by atoms with Gasteiger partial charge in [-0.3, -0.25) is 4.79 Å². The summed E-state index contributed by atoms with van der Waals surface area (Å²) in [5.74, 6) is 0.587. The normalized spacial score (nSPS) is 11.8. The molecule has 1 N–H and O–H groups in total. The van der Waals surface area contributed by atoms with Gasteiger partial charge in [-0.25, -0.2) is 0 Å². The van der Waals surface area contributed by atoms with Crippen LogP contribution in [0.15, 0.2) is 48.5 Å². The summed E-state index contributed by atoms with van der Waals surface area (Å²) >= 11 is 0. The first-order valence-corrected chi connectivity index (χ1v) is 7.17. The molecule has 0 bridgehead atoms. The Morgan fingerprint density at radius 3 is 2.52 bits per heavy atom. The molecular weight excluding hydrogens is 262 g/mol. The minimum absolute atomic E-state index is 0.0328. The number of amides is 1. The molecule has 2 aromatic rings. The molecule has 2 aromatic carbocycles. The van der Waals surface area contributed by atoms with E-state index in [0.29, 0.717) is 11.3 Å². The van der Waals surface area contributed by atoms with Crippen LogP contribution in [0.1, 0.15) is 41.4 Å². The van der Waals surface area contributed by atoms with Crippen LogP contribution in [0.5, 0.6) is 5.75 Å². The Labute approximate surface area is 126 Å². The summed E-state index contributed by atoms with van der Waals surface area (Å²) in [6, 6.07) is 15.5. The van der Waals surface area contributed by atoms with Crippen molar-refractivity contribution < 1.29 is 9.53 Å². The monoisotopic (exact) mass is 283 g/mol. The Morgan fingerprint density at radius 1 is 1.19 bits per heavy atom. The molecule has 21 heavy (non-hydrogen) atoms. The molecule has 0 unspecified atom stereocenters. The first-order chi connectivity index (χ1) is 10.1. The molecular formula is C18H21NO2. The van der Waals surface area contributed by atoms with Crippen LogP contribution in [0.3, 0.4) is 0 Å². The number of hydrogen-bond donors (Lipinski definition) is 1. The van der Waals surface area contributed by atoms with Gasteiger partial charge in [-0.15, -0.1) is 0 Å². The van der Waals surface area contributed by atoms with Gasteiger partial charge >= 0.3 is 0 Å². The van der Waals surface area contributed by atoms with E-state index in [1.807, 2.05) is 19.1 Å². The van der Waals surface area contributed by atoms with Crippen LogP contribution in [0, 0.1) is 0 Å². The standard InChI is InChI=1S/C18H21NO2/c1-4-14-8-10-15(11-9-14)13(2)19-18(20)16-6-5-7-17(12-16)21-3/h5-13H,4H2,1-3H3,(H,19,20)/t13-/m1/s1. The number of carbonyl (C=O) groups is 1. The van der Waals surface area contributed by atoms with Gasteiger partial charge in [0.1, 0.15) is 5.75 Å². The number of aryl methyl sites for hydroxylation is 1. The topological polar surface area (TPSA) is 38.3 Å². The maximum absolute atomic E-state index is 12.3. The number of rotatable bonds is 5. The van der Waals surface area contributed by atoms with E-state index in [4.69, 9.17) is 4.74 Å². The van der Waals surface area contributed by atoms with E-state index in [-0.39, 0.29) is 11.9 Å². The van der Waals surface area contributed by atoms with Crippen LogP contribution in [0.2, 0.25) is 0 Å². The maximum atomic E-state index is 12.3. The van der Waals surface area contributed by atoms with Crippen LogP contribution in [-0.2, 0) is 6.42 Å². The van der Waals surface area contributed by atoms with Crippen molar-refractivity contribution in [2.75, 3.05) is 7.11 Å². The second-order valence-corrected chi connectivity index (χ2v) is 5.02. The molecule has 1 amide bonds. The summed E-state index contributed by atoms with van der Waals surface area (Å²) < 4.78 is 5.14. The van der Waals surface area contributed by atoms with Crippen molar-refractivity contribution in [1.29, 1.82) is 0 Å². The minimum atomic E-state index is -0.0963. The van der Waals surface area contributed by atoms with Gasteiger partial charge in [0, 0.05) is 5.56 Å². The Hall–Kier alpha value is -2.29. The summed E-state index contributed by atoms with van der Waals surface area (Å²) in [7, 11) is 1.59. The highest BCUT2D eigenvalue weighted by molar-refractivity contribution is 5.94. The van der Waals surface area contributed by atoms with Crippen LogP contribution in [0.25, 0.3) is 0 Å². The van der Waals surface area contributed by atoms with E-state index in [9.17, 15) is 4.79 Å².